The highest BCUT2D eigenvalue weighted by molar-refractivity contribution is 5.91. The van der Waals surface area contributed by atoms with E-state index in [-0.39, 0.29) is 17.6 Å². The first-order chi connectivity index (χ1) is 15.6. The average Bonchev–Trinajstić information content (AvgIpc) is 3.29. The van der Waals surface area contributed by atoms with E-state index in [4.69, 9.17) is 5.73 Å². The lowest BCUT2D eigenvalue weighted by molar-refractivity contribution is -0.123. The first-order valence-corrected chi connectivity index (χ1v) is 11.1. The van der Waals surface area contributed by atoms with Gasteiger partial charge in [-0.15, -0.1) is 0 Å². The molecule has 164 valence electrons. The van der Waals surface area contributed by atoms with E-state index < -0.39 is 5.41 Å². The maximum atomic E-state index is 13.2. The maximum absolute atomic E-state index is 13.2. The van der Waals surface area contributed by atoms with Gasteiger partial charge in [0.1, 0.15) is 11.2 Å². The number of phenolic OH excluding ortho intramolecular Hbond substituents is 1. The summed E-state index contributed by atoms with van der Waals surface area (Å²) in [6, 6.07) is 25.6. The lowest BCUT2D eigenvalue weighted by atomic mass is 9.64. The van der Waals surface area contributed by atoms with Crippen molar-refractivity contribution in [2.24, 2.45) is 11.7 Å². The fourth-order valence-corrected chi connectivity index (χ4v) is 5.13. The van der Waals surface area contributed by atoms with Crippen LogP contribution in [0.3, 0.4) is 0 Å². The van der Waals surface area contributed by atoms with Crippen LogP contribution in [-0.2, 0) is 16.6 Å². The molecule has 3 aromatic carbocycles. The van der Waals surface area contributed by atoms with Gasteiger partial charge in [-0.1, -0.05) is 79.4 Å². The second-order valence-corrected chi connectivity index (χ2v) is 8.54. The van der Waals surface area contributed by atoms with Crippen LogP contribution in [0.15, 0.2) is 85.4 Å². The molecule has 32 heavy (non-hydrogen) atoms. The second-order valence-electron chi connectivity index (χ2n) is 8.54. The minimum Gasteiger partial charge on any atom is -0.507 e. The van der Waals surface area contributed by atoms with Gasteiger partial charge in [-0.05, 0) is 54.1 Å². The maximum Gasteiger partial charge on any atom is 0.232 e. The molecule has 1 fully saturated rings. The van der Waals surface area contributed by atoms with Crippen molar-refractivity contribution in [3.05, 3.63) is 108 Å². The molecule has 3 N–H and O–H groups in total. The van der Waals surface area contributed by atoms with Crippen LogP contribution < -0.4 is 5.73 Å². The first-order valence-electron chi connectivity index (χ1n) is 11.1. The smallest absolute Gasteiger partial charge is 0.232 e. The zero-order valence-corrected chi connectivity index (χ0v) is 18.3. The molecule has 1 heterocycles. The molecule has 0 spiro atoms. The number of hydrogen-bond acceptors (Lipinski definition) is 3. The van der Waals surface area contributed by atoms with E-state index in [2.05, 4.69) is 11.5 Å². The van der Waals surface area contributed by atoms with E-state index in [0.717, 1.165) is 54.7 Å². The van der Waals surface area contributed by atoms with Crippen molar-refractivity contribution in [2.75, 3.05) is 19.6 Å². The molecule has 1 atom stereocenters. The largest absolute Gasteiger partial charge is 0.507 e. The predicted octanol–water partition coefficient (Wildman–Crippen LogP) is 4.37. The summed E-state index contributed by atoms with van der Waals surface area (Å²) in [6.07, 6.45) is 3.44. The molecule has 1 aliphatic rings. The standard InChI is InChI=1S/C28H30N2O2/c1-2-22-19-21(13-14-26(22)31)15-17-30-18-16-25(20-30)28(27(29)32,23-9-5-3-6-10-23)24-11-7-4-8-12-24/h2-14,19,25,31H,1,15-18,20H2,(H2,29,32). The summed E-state index contributed by atoms with van der Waals surface area (Å²) in [5.41, 5.74) is 9.16. The molecule has 0 radical (unpaired) electrons. The number of aromatic hydroxyl groups is 1. The highest BCUT2D eigenvalue weighted by Gasteiger charge is 2.49. The van der Waals surface area contributed by atoms with E-state index in [9.17, 15) is 9.90 Å². The Hall–Kier alpha value is -3.37. The number of likely N-dealkylation sites (tertiary alicyclic amines) is 1. The van der Waals surface area contributed by atoms with Crippen LogP contribution in [-0.4, -0.2) is 35.5 Å². The second kappa shape index (κ2) is 9.41. The fourth-order valence-electron chi connectivity index (χ4n) is 5.13. The number of benzene rings is 3. The van der Waals surface area contributed by atoms with Crippen LogP contribution in [0.25, 0.3) is 6.08 Å². The van der Waals surface area contributed by atoms with Gasteiger partial charge in [-0.25, -0.2) is 0 Å². The molecule has 1 amide bonds. The number of amides is 1. The van der Waals surface area contributed by atoms with Gasteiger partial charge in [-0.2, -0.15) is 0 Å². The van der Waals surface area contributed by atoms with E-state index in [1.807, 2.05) is 72.8 Å². The fraction of sp³-hybridized carbons (Fsp3) is 0.250. The van der Waals surface area contributed by atoms with Gasteiger partial charge in [0, 0.05) is 18.7 Å². The molecule has 3 aromatic rings. The zero-order valence-electron chi connectivity index (χ0n) is 18.3. The molecular formula is C28H30N2O2. The third-order valence-electron chi connectivity index (χ3n) is 6.76. The molecule has 4 rings (SSSR count). The minimum absolute atomic E-state index is 0.0911. The van der Waals surface area contributed by atoms with Gasteiger partial charge in [-0.3, -0.25) is 4.79 Å². The summed E-state index contributed by atoms with van der Waals surface area (Å²) in [4.78, 5) is 15.6. The number of nitrogens with two attached hydrogens (primary N) is 1. The highest BCUT2D eigenvalue weighted by Crippen LogP contribution is 2.43. The molecule has 1 unspecified atom stereocenters. The van der Waals surface area contributed by atoms with Crippen molar-refractivity contribution in [3.8, 4) is 5.75 Å². The number of nitrogens with zero attached hydrogens (tertiary/aromatic N) is 1. The SMILES string of the molecule is C=Cc1cc(CCN2CCC(C(C(N)=O)(c3ccccc3)c3ccccc3)C2)ccc1O. The number of hydrogen-bond donors (Lipinski definition) is 2. The van der Waals surface area contributed by atoms with Crippen molar-refractivity contribution in [1.82, 2.24) is 4.90 Å². The third-order valence-corrected chi connectivity index (χ3v) is 6.76. The molecule has 4 heteroatoms. The predicted molar refractivity (Wildman–Crippen MR) is 129 cm³/mol. The van der Waals surface area contributed by atoms with Gasteiger partial charge in [0.05, 0.1) is 0 Å². The van der Waals surface area contributed by atoms with Crippen LogP contribution >= 0.6 is 0 Å². The topological polar surface area (TPSA) is 66.6 Å². The molecule has 1 aliphatic heterocycles. The summed E-state index contributed by atoms with van der Waals surface area (Å²) in [6.45, 7) is 6.38. The molecule has 0 aliphatic carbocycles. The minimum atomic E-state index is -0.855. The summed E-state index contributed by atoms with van der Waals surface area (Å²) in [5, 5.41) is 9.88. The quantitative estimate of drug-likeness (QED) is 0.562. The molecule has 1 saturated heterocycles. The van der Waals surface area contributed by atoms with Crippen molar-refractivity contribution < 1.29 is 9.90 Å². The van der Waals surface area contributed by atoms with Crippen LogP contribution in [0.5, 0.6) is 5.75 Å². The third kappa shape index (κ3) is 4.06. The van der Waals surface area contributed by atoms with Crippen molar-refractivity contribution in [2.45, 2.75) is 18.3 Å². The lowest BCUT2D eigenvalue weighted by Crippen LogP contribution is -2.49. The van der Waals surface area contributed by atoms with E-state index in [0.29, 0.717) is 0 Å². The number of carbonyl (C=O) groups is 1. The van der Waals surface area contributed by atoms with Crippen molar-refractivity contribution in [1.29, 1.82) is 0 Å². The Morgan fingerprint density at radius 3 is 2.25 bits per heavy atom. The van der Waals surface area contributed by atoms with Gasteiger partial charge in [0.25, 0.3) is 0 Å². The Kier molecular flexibility index (Phi) is 6.42. The Morgan fingerprint density at radius 1 is 1.06 bits per heavy atom. The average molecular weight is 427 g/mol. The Labute approximate surface area is 190 Å². The Morgan fingerprint density at radius 2 is 1.69 bits per heavy atom. The van der Waals surface area contributed by atoms with Gasteiger partial charge >= 0.3 is 0 Å². The van der Waals surface area contributed by atoms with Crippen LogP contribution in [0.4, 0.5) is 0 Å². The van der Waals surface area contributed by atoms with Crippen LogP contribution in [0.2, 0.25) is 0 Å². The van der Waals surface area contributed by atoms with Crippen molar-refractivity contribution >= 4 is 12.0 Å². The Bertz CT molecular complexity index is 1040. The van der Waals surface area contributed by atoms with Gasteiger partial charge in [0.15, 0.2) is 0 Å². The summed E-state index contributed by atoms with van der Waals surface area (Å²) >= 11 is 0. The van der Waals surface area contributed by atoms with Gasteiger partial charge in [0.2, 0.25) is 5.91 Å². The van der Waals surface area contributed by atoms with E-state index >= 15 is 0 Å². The van der Waals surface area contributed by atoms with E-state index in [1.54, 1.807) is 12.1 Å². The highest BCUT2D eigenvalue weighted by atomic mass is 16.3. The van der Waals surface area contributed by atoms with Gasteiger partial charge < -0.3 is 15.7 Å². The number of phenols is 1. The summed E-state index contributed by atoms with van der Waals surface area (Å²) < 4.78 is 0. The van der Waals surface area contributed by atoms with E-state index in [1.165, 1.54) is 0 Å². The summed E-state index contributed by atoms with van der Waals surface area (Å²) in [5.74, 6) is 0.0474. The summed E-state index contributed by atoms with van der Waals surface area (Å²) in [7, 11) is 0. The lowest BCUT2D eigenvalue weighted by Gasteiger charge is -2.37. The number of rotatable bonds is 8. The number of carbonyl (C=O) groups excluding carboxylic acids is 1. The zero-order chi connectivity index (χ0) is 22.6. The normalized spacial score (nSPS) is 16.7. The molecule has 0 aromatic heterocycles. The van der Waals surface area contributed by atoms with Crippen LogP contribution in [0, 0.1) is 5.92 Å². The first kappa shape index (κ1) is 21.8. The molecule has 0 saturated carbocycles. The number of primary amides is 1. The Balaban J connectivity index is 1.59. The molecular weight excluding hydrogens is 396 g/mol. The molecule has 0 bridgehead atoms. The monoisotopic (exact) mass is 426 g/mol. The molecule has 4 nitrogen and oxygen atoms in total. The van der Waals surface area contributed by atoms with Crippen molar-refractivity contribution in [3.63, 3.8) is 0 Å². The van der Waals surface area contributed by atoms with Crippen LogP contribution in [0.1, 0.15) is 28.7 Å².